The fourth-order valence-electron chi connectivity index (χ4n) is 0.965. The van der Waals surface area contributed by atoms with Crippen LogP contribution in [0.5, 0.6) is 5.75 Å². The zero-order valence-electron chi connectivity index (χ0n) is 7.66. The molecule has 0 aliphatic rings. The summed E-state index contributed by atoms with van der Waals surface area (Å²) in [5.41, 5.74) is 5.75. The van der Waals surface area contributed by atoms with Crippen molar-refractivity contribution in [2.45, 2.75) is 0 Å². The third-order valence-electron chi connectivity index (χ3n) is 1.62. The molecule has 0 heterocycles. The Morgan fingerprint density at radius 1 is 1.57 bits per heavy atom. The average Bonchev–Trinajstić information content (AvgIpc) is 2.15. The van der Waals surface area contributed by atoms with Gasteiger partial charge in [0.05, 0.1) is 12.1 Å². The van der Waals surface area contributed by atoms with Crippen LogP contribution in [-0.2, 0) is 4.79 Å². The summed E-state index contributed by atoms with van der Waals surface area (Å²) in [4.78, 5) is 10.5. The molecule has 0 fully saturated rings. The third kappa shape index (κ3) is 2.78. The minimum Gasteiger partial charge on any atom is -0.495 e. The number of ether oxygens (including phenoxy) is 1. The second-order valence-corrected chi connectivity index (χ2v) is 3.04. The molecule has 0 bridgehead atoms. The zero-order chi connectivity index (χ0) is 10.6. The van der Waals surface area contributed by atoms with Crippen LogP contribution >= 0.6 is 11.6 Å². The molecule has 3 nitrogen and oxygen atoms in total. The fourth-order valence-corrected chi connectivity index (χ4v) is 1.23. The lowest BCUT2D eigenvalue weighted by atomic mass is 10.2. The number of rotatable bonds is 3. The van der Waals surface area contributed by atoms with E-state index in [1.165, 1.54) is 6.08 Å². The van der Waals surface area contributed by atoms with Gasteiger partial charge in [0.2, 0.25) is 5.91 Å². The lowest BCUT2D eigenvalue weighted by molar-refractivity contribution is -0.113. The van der Waals surface area contributed by atoms with Crippen molar-refractivity contribution in [3.05, 3.63) is 34.9 Å². The Hall–Kier alpha value is -1.48. The summed E-state index contributed by atoms with van der Waals surface area (Å²) in [5.74, 6) is 0.111. The number of carbonyl (C=O) groups excluding carboxylic acids is 1. The van der Waals surface area contributed by atoms with Gasteiger partial charge in [-0.3, -0.25) is 4.79 Å². The molecule has 14 heavy (non-hydrogen) atoms. The average molecular weight is 212 g/mol. The number of benzene rings is 1. The summed E-state index contributed by atoms with van der Waals surface area (Å²) in [6, 6.07) is 5.20. The lowest BCUT2D eigenvalue weighted by Crippen LogP contribution is -2.05. The first-order chi connectivity index (χ1) is 6.63. The Kier molecular flexibility index (Phi) is 3.54. The first-order valence-corrected chi connectivity index (χ1v) is 4.32. The molecule has 0 aliphatic heterocycles. The van der Waals surface area contributed by atoms with Crippen molar-refractivity contribution in [1.82, 2.24) is 0 Å². The highest BCUT2D eigenvalue weighted by molar-refractivity contribution is 6.32. The third-order valence-corrected chi connectivity index (χ3v) is 1.91. The molecule has 0 atom stereocenters. The van der Waals surface area contributed by atoms with Crippen LogP contribution in [0, 0.1) is 0 Å². The predicted molar refractivity (Wildman–Crippen MR) is 56.2 cm³/mol. The summed E-state index contributed by atoms with van der Waals surface area (Å²) in [6.45, 7) is 0. The SMILES string of the molecule is COc1ccc(C=CC(N)=O)cc1Cl. The van der Waals surface area contributed by atoms with Gasteiger partial charge in [-0.25, -0.2) is 0 Å². The standard InChI is InChI=1S/C10H10ClNO2/c1-14-9-4-2-7(6-8(9)11)3-5-10(12)13/h2-6H,1H3,(H2,12,13). The first-order valence-electron chi connectivity index (χ1n) is 3.94. The van der Waals surface area contributed by atoms with Crippen molar-refractivity contribution in [1.29, 1.82) is 0 Å². The van der Waals surface area contributed by atoms with Gasteiger partial charge < -0.3 is 10.5 Å². The van der Waals surface area contributed by atoms with Crippen LogP contribution in [0.15, 0.2) is 24.3 Å². The van der Waals surface area contributed by atoms with Gasteiger partial charge in [-0.15, -0.1) is 0 Å². The molecule has 74 valence electrons. The minimum atomic E-state index is -0.489. The summed E-state index contributed by atoms with van der Waals surface area (Å²) in [6.07, 6.45) is 2.87. The molecule has 0 unspecified atom stereocenters. The van der Waals surface area contributed by atoms with Gasteiger partial charge in [0, 0.05) is 6.08 Å². The van der Waals surface area contributed by atoms with Gasteiger partial charge in [0.1, 0.15) is 5.75 Å². The second-order valence-electron chi connectivity index (χ2n) is 2.63. The van der Waals surface area contributed by atoms with E-state index in [2.05, 4.69) is 0 Å². The van der Waals surface area contributed by atoms with Crippen molar-refractivity contribution in [2.75, 3.05) is 7.11 Å². The number of carbonyl (C=O) groups is 1. The molecule has 0 radical (unpaired) electrons. The maximum atomic E-state index is 10.5. The van der Waals surface area contributed by atoms with Gasteiger partial charge in [-0.2, -0.15) is 0 Å². The topological polar surface area (TPSA) is 52.3 Å². The van der Waals surface area contributed by atoms with Crippen LogP contribution in [0.3, 0.4) is 0 Å². The molecule has 0 aromatic heterocycles. The Bertz CT molecular complexity index is 374. The normalized spacial score (nSPS) is 10.4. The number of primary amides is 1. The molecule has 4 heteroatoms. The number of methoxy groups -OCH3 is 1. The van der Waals surface area contributed by atoms with Crippen LogP contribution in [0.25, 0.3) is 6.08 Å². The van der Waals surface area contributed by atoms with E-state index in [-0.39, 0.29) is 0 Å². The van der Waals surface area contributed by atoms with Crippen LogP contribution in [0.1, 0.15) is 5.56 Å². The van der Waals surface area contributed by atoms with E-state index in [0.717, 1.165) is 5.56 Å². The van der Waals surface area contributed by atoms with Crippen LogP contribution in [-0.4, -0.2) is 13.0 Å². The Balaban J connectivity index is 2.91. The molecule has 0 aliphatic carbocycles. The van der Waals surface area contributed by atoms with E-state index >= 15 is 0 Å². The van der Waals surface area contributed by atoms with Gasteiger partial charge in [0.25, 0.3) is 0 Å². The second kappa shape index (κ2) is 4.67. The molecule has 1 aromatic rings. The molecule has 0 saturated carbocycles. The fraction of sp³-hybridized carbons (Fsp3) is 0.100. The van der Waals surface area contributed by atoms with Crippen LogP contribution < -0.4 is 10.5 Å². The summed E-state index contributed by atoms with van der Waals surface area (Å²) < 4.78 is 4.98. The zero-order valence-corrected chi connectivity index (χ0v) is 8.41. The summed E-state index contributed by atoms with van der Waals surface area (Å²) >= 11 is 5.87. The largest absolute Gasteiger partial charge is 0.495 e. The van der Waals surface area contributed by atoms with E-state index in [1.54, 1.807) is 31.4 Å². The lowest BCUT2D eigenvalue weighted by Gasteiger charge is -2.02. The van der Waals surface area contributed by atoms with E-state index in [9.17, 15) is 4.79 Å². The summed E-state index contributed by atoms with van der Waals surface area (Å²) in [5, 5.41) is 0.499. The molecular formula is C10H10ClNO2. The number of hydrogen-bond donors (Lipinski definition) is 1. The number of nitrogens with two attached hydrogens (primary N) is 1. The molecule has 1 rings (SSSR count). The Labute approximate surface area is 87.1 Å². The maximum Gasteiger partial charge on any atom is 0.241 e. The smallest absolute Gasteiger partial charge is 0.241 e. The van der Waals surface area contributed by atoms with Gasteiger partial charge >= 0.3 is 0 Å². The van der Waals surface area contributed by atoms with Crippen molar-refractivity contribution in [3.8, 4) is 5.75 Å². The molecule has 0 saturated heterocycles. The quantitative estimate of drug-likeness (QED) is 0.776. The highest BCUT2D eigenvalue weighted by atomic mass is 35.5. The Morgan fingerprint density at radius 2 is 2.29 bits per heavy atom. The van der Waals surface area contributed by atoms with Crippen LogP contribution in [0.4, 0.5) is 0 Å². The predicted octanol–water partition coefficient (Wildman–Crippen LogP) is 1.85. The van der Waals surface area contributed by atoms with Crippen molar-refractivity contribution in [2.24, 2.45) is 5.73 Å². The maximum absolute atomic E-state index is 10.5. The minimum absolute atomic E-state index is 0.489. The molecule has 1 amide bonds. The van der Waals surface area contributed by atoms with Gasteiger partial charge in [-0.1, -0.05) is 17.7 Å². The number of amides is 1. The number of hydrogen-bond acceptors (Lipinski definition) is 2. The highest BCUT2D eigenvalue weighted by Crippen LogP contribution is 2.25. The van der Waals surface area contributed by atoms with E-state index in [0.29, 0.717) is 10.8 Å². The van der Waals surface area contributed by atoms with Crippen LogP contribution in [0.2, 0.25) is 5.02 Å². The summed E-state index contributed by atoms with van der Waals surface area (Å²) in [7, 11) is 1.54. The molecular weight excluding hydrogens is 202 g/mol. The van der Waals surface area contributed by atoms with Crippen molar-refractivity contribution in [3.63, 3.8) is 0 Å². The number of halogens is 1. The molecule has 1 aromatic carbocycles. The van der Waals surface area contributed by atoms with E-state index in [4.69, 9.17) is 22.1 Å². The monoisotopic (exact) mass is 211 g/mol. The van der Waals surface area contributed by atoms with Crippen molar-refractivity contribution < 1.29 is 9.53 Å². The molecule has 0 spiro atoms. The highest BCUT2D eigenvalue weighted by Gasteiger charge is 1.99. The van der Waals surface area contributed by atoms with E-state index < -0.39 is 5.91 Å². The van der Waals surface area contributed by atoms with Crippen molar-refractivity contribution >= 4 is 23.6 Å². The van der Waals surface area contributed by atoms with Gasteiger partial charge in [-0.05, 0) is 23.8 Å². The van der Waals surface area contributed by atoms with Gasteiger partial charge in [0.15, 0.2) is 0 Å². The Morgan fingerprint density at radius 3 is 2.79 bits per heavy atom. The molecule has 2 N–H and O–H groups in total. The van der Waals surface area contributed by atoms with E-state index in [1.807, 2.05) is 0 Å². The first kappa shape index (κ1) is 10.6.